The number of aliphatic hydroxyl groups is 3. The minimum absolute atomic E-state index is 0.0614. The van der Waals surface area contributed by atoms with Crippen LogP contribution in [0.3, 0.4) is 0 Å². The monoisotopic (exact) mass is 204 g/mol. The fourth-order valence-corrected chi connectivity index (χ4v) is 1.54. The molecule has 0 aromatic carbocycles. The second-order valence-electron chi connectivity index (χ2n) is 4.00. The summed E-state index contributed by atoms with van der Waals surface area (Å²) in [6.45, 7) is 4.08. The summed E-state index contributed by atoms with van der Waals surface area (Å²) in [5.74, 6) is -0.0614. The molecule has 0 fully saturated rings. The van der Waals surface area contributed by atoms with Crippen LogP contribution in [0.5, 0.6) is 0 Å². The van der Waals surface area contributed by atoms with Gasteiger partial charge in [0.15, 0.2) is 0 Å². The third-order valence-corrected chi connectivity index (χ3v) is 2.71. The molecule has 0 aromatic rings. The highest BCUT2D eigenvalue weighted by Crippen LogP contribution is 2.17. The summed E-state index contributed by atoms with van der Waals surface area (Å²) < 4.78 is 0. The SMILES string of the molecule is CCC[C@H](O)[C@H](C)[C@@H](O)CCCCO. The highest BCUT2D eigenvalue weighted by Gasteiger charge is 2.20. The van der Waals surface area contributed by atoms with Crippen LogP contribution in [-0.2, 0) is 0 Å². The van der Waals surface area contributed by atoms with Gasteiger partial charge in [0.25, 0.3) is 0 Å². The average molecular weight is 204 g/mol. The van der Waals surface area contributed by atoms with Gasteiger partial charge in [-0.3, -0.25) is 0 Å². The number of aliphatic hydroxyl groups excluding tert-OH is 3. The Kier molecular flexibility index (Phi) is 8.14. The number of rotatable bonds is 8. The predicted octanol–water partition coefficient (Wildman–Crippen LogP) is 1.31. The quantitative estimate of drug-likeness (QED) is 0.522. The lowest BCUT2D eigenvalue weighted by molar-refractivity contribution is 0.0119. The van der Waals surface area contributed by atoms with E-state index in [0.29, 0.717) is 6.42 Å². The normalized spacial score (nSPS) is 17.8. The van der Waals surface area contributed by atoms with E-state index in [-0.39, 0.29) is 12.5 Å². The van der Waals surface area contributed by atoms with E-state index in [9.17, 15) is 10.2 Å². The van der Waals surface area contributed by atoms with Gasteiger partial charge in [0.1, 0.15) is 0 Å². The summed E-state index contributed by atoms with van der Waals surface area (Å²) >= 11 is 0. The van der Waals surface area contributed by atoms with E-state index in [4.69, 9.17) is 5.11 Å². The maximum absolute atomic E-state index is 9.70. The van der Waals surface area contributed by atoms with E-state index in [1.165, 1.54) is 0 Å². The van der Waals surface area contributed by atoms with Crippen LogP contribution in [0.15, 0.2) is 0 Å². The lowest BCUT2D eigenvalue weighted by Gasteiger charge is -2.23. The second kappa shape index (κ2) is 8.21. The van der Waals surface area contributed by atoms with Crippen molar-refractivity contribution in [2.24, 2.45) is 5.92 Å². The van der Waals surface area contributed by atoms with Crippen LogP contribution in [0.25, 0.3) is 0 Å². The molecule has 0 bridgehead atoms. The zero-order valence-electron chi connectivity index (χ0n) is 9.32. The summed E-state index contributed by atoms with van der Waals surface area (Å²) in [4.78, 5) is 0. The van der Waals surface area contributed by atoms with Crippen molar-refractivity contribution in [2.45, 2.75) is 58.2 Å². The lowest BCUT2D eigenvalue weighted by atomic mass is 9.92. The van der Waals surface area contributed by atoms with Crippen molar-refractivity contribution in [3.63, 3.8) is 0 Å². The van der Waals surface area contributed by atoms with Gasteiger partial charge in [-0.25, -0.2) is 0 Å². The van der Waals surface area contributed by atoms with Crippen LogP contribution in [0.2, 0.25) is 0 Å². The molecular weight excluding hydrogens is 180 g/mol. The van der Waals surface area contributed by atoms with Crippen molar-refractivity contribution < 1.29 is 15.3 Å². The molecule has 14 heavy (non-hydrogen) atoms. The Morgan fingerprint density at radius 2 is 1.57 bits per heavy atom. The van der Waals surface area contributed by atoms with Gasteiger partial charge in [-0.15, -0.1) is 0 Å². The molecule has 0 saturated carbocycles. The molecule has 0 aliphatic heterocycles. The first kappa shape index (κ1) is 13.9. The van der Waals surface area contributed by atoms with Gasteiger partial charge in [0, 0.05) is 12.5 Å². The standard InChI is InChI=1S/C11H24O3/c1-3-6-10(13)9(2)11(14)7-4-5-8-12/h9-14H,3-8H2,1-2H3/t9-,10-,11-/m0/s1. The van der Waals surface area contributed by atoms with Crippen molar-refractivity contribution in [2.75, 3.05) is 6.61 Å². The van der Waals surface area contributed by atoms with Crippen molar-refractivity contribution in [3.05, 3.63) is 0 Å². The fourth-order valence-electron chi connectivity index (χ4n) is 1.54. The minimum atomic E-state index is -0.442. The second-order valence-corrected chi connectivity index (χ2v) is 4.00. The van der Waals surface area contributed by atoms with Gasteiger partial charge in [0.2, 0.25) is 0 Å². The van der Waals surface area contributed by atoms with Gasteiger partial charge in [0.05, 0.1) is 12.2 Å². The molecule has 0 amide bonds. The van der Waals surface area contributed by atoms with E-state index >= 15 is 0 Å². The first-order chi connectivity index (χ1) is 6.63. The Hall–Kier alpha value is -0.120. The van der Waals surface area contributed by atoms with Crippen LogP contribution in [0, 0.1) is 5.92 Å². The molecule has 3 N–H and O–H groups in total. The summed E-state index contributed by atoms with van der Waals surface area (Å²) in [6.07, 6.45) is 3.07. The average Bonchev–Trinajstić information content (AvgIpc) is 2.17. The highest BCUT2D eigenvalue weighted by molar-refractivity contribution is 4.72. The largest absolute Gasteiger partial charge is 0.396 e. The van der Waals surface area contributed by atoms with Gasteiger partial charge >= 0.3 is 0 Å². The van der Waals surface area contributed by atoms with Crippen molar-refractivity contribution >= 4 is 0 Å². The maximum Gasteiger partial charge on any atom is 0.0590 e. The minimum Gasteiger partial charge on any atom is -0.396 e. The number of unbranched alkanes of at least 4 members (excludes halogenated alkanes) is 1. The summed E-state index contributed by atoms with van der Waals surface area (Å²) in [5.41, 5.74) is 0. The fraction of sp³-hybridized carbons (Fsp3) is 1.00. The molecule has 0 aromatic heterocycles. The Morgan fingerprint density at radius 1 is 1.00 bits per heavy atom. The molecule has 0 aliphatic rings. The Morgan fingerprint density at radius 3 is 2.07 bits per heavy atom. The van der Waals surface area contributed by atoms with Gasteiger partial charge < -0.3 is 15.3 Å². The molecule has 86 valence electrons. The molecule has 0 saturated heterocycles. The van der Waals surface area contributed by atoms with E-state index in [2.05, 4.69) is 0 Å². The highest BCUT2D eigenvalue weighted by atomic mass is 16.3. The molecule has 3 heteroatoms. The van der Waals surface area contributed by atoms with E-state index in [1.807, 2.05) is 13.8 Å². The summed E-state index contributed by atoms with van der Waals surface area (Å²) in [6, 6.07) is 0. The van der Waals surface area contributed by atoms with Crippen LogP contribution in [0.4, 0.5) is 0 Å². The van der Waals surface area contributed by atoms with E-state index in [1.54, 1.807) is 0 Å². The molecule has 0 heterocycles. The third kappa shape index (κ3) is 5.58. The van der Waals surface area contributed by atoms with Crippen LogP contribution in [-0.4, -0.2) is 34.1 Å². The molecule has 3 nitrogen and oxygen atoms in total. The third-order valence-electron chi connectivity index (χ3n) is 2.71. The van der Waals surface area contributed by atoms with Crippen LogP contribution >= 0.6 is 0 Å². The molecule has 0 radical (unpaired) electrons. The molecule has 0 rings (SSSR count). The number of hydrogen-bond acceptors (Lipinski definition) is 3. The lowest BCUT2D eigenvalue weighted by Crippen LogP contribution is -2.29. The molecule has 0 unspecified atom stereocenters. The number of hydrogen-bond donors (Lipinski definition) is 3. The summed E-state index contributed by atoms with van der Waals surface area (Å²) in [5, 5.41) is 27.9. The molecule has 0 aliphatic carbocycles. The van der Waals surface area contributed by atoms with Gasteiger partial charge in [-0.2, -0.15) is 0 Å². The first-order valence-electron chi connectivity index (χ1n) is 5.60. The smallest absolute Gasteiger partial charge is 0.0590 e. The van der Waals surface area contributed by atoms with Crippen molar-refractivity contribution in [1.29, 1.82) is 0 Å². The molecule has 0 spiro atoms. The van der Waals surface area contributed by atoms with E-state index < -0.39 is 12.2 Å². The molecular formula is C11H24O3. The molecule has 3 atom stereocenters. The van der Waals surface area contributed by atoms with Crippen LogP contribution in [0.1, 0.15) is 46.0 Å². The predicted molar refractivity (Wildman–Crippen MR) is 57.0 cm³/mol. The zero-order valence-corrected chi connectivity index (χ0v) is 9.32. The van der Waals surface area contributed by atoms with Gasteiger partial charge in [-0.05, 0) is 25.7 Å². The van der Waals surface area contributed by atoms with Crippen molar-refractivity contribution in [1.82, 2.24) is 0 Å². The topological polar surface area (TPSA) is 60.7 Å². The van der Waals surface area contributed by atoms with Crippen LogP contribution < -0.4 is 0 Å². The van der Waals surface area contributed by atoms with Gasteiger partial charge in [-0.1, -0.05) is 20.3 Å². The summed E-state index contributed by atoms with van der Waals surface area (Å²) in [7, 11) is 0. The van der Waals surface area contributed by atoms with E-state index in [0.717, 1.165) is 25.7 Å². The maximum atomic E-state index is 9.70. The Balaban J connectivity index is 3.68. The Bertz CT molecular complexity index is 128. The Labute approximate surface area is 86.8 Å². The first-order valence-corrected chi connectivity index (χ1v) is 5.60. The van der Waals surface area contributed by atoms with Crippen molar-refractivity contribution in [3.8, 4) is 0 Å². The zero-order chi connectivity index (χ0) is 11.0.